The van der Waals surface area contributed by atoms with Crippen LogP contribution < -0.4 is 5.73 Å². The van der Waals surface area contributed by atoms with Crippen LogP contribution in [0.3, 0.4) is 0 Å². The number of Topliss-reactive ketones (excluding diaryl/α,β-unsaturated/α-hetero) is 1. The molecule has 20 heavy (non-hydrogen) atoms. The lowest BCUT2D eigenvalue weighted by molar-refractivity contribution is -0.120. The summed E-state index contributed by atoms with van der Waals surface area (Å²) in [5.74, 6) is 0.498. The molecule has 6 nitrogen and oxygen atoms in total. The molecule has 0 saturated heterocycles. The summed E-state index contributed by atoms with van der Waals surface area (Å²) in [6.45, 7) is 3.77. The third-order valence-electron chi connectivity index (χ3n) is 3.52. The highest BCUT2D eigenvalue weighted by Crippen LogP contribution is 2.23. The lowest BCUT2D eigenvalue weighted by atomic mass is 10.0. The summed E-state index contributed by atoms with van der Waals surface area (Å²) in [5.41, 5.74) is 6.43. The van der Waals surface area contributed by atoms with Crippen molar-refractivity contribution in [2.24, 2.45) is 0 Å². The molecular weight excluding hydrogens is 254 g/mol. The van der Waals surface area contributed by atoms with E-state index in [1.807, 2.05) is 0 Å². The maximum Gasteiger partial charge on any atom is 0.163 e. The van der Waals surface area contributed by atoms with Gasteiger partial charge >= 0.3 is 0 Å². The molecule has 2 heterocycles. The minimum atomic E-state index is -0.265. The zero-order chi connectivity index (χ0) is 14.5. The molecular formula is C14H21N5O. The number of aromatic nitrogens is 4. The van der Waals surface area contributed by atoms with Crippen LogP contribution in [0, 0.1) is 0 Å². The second-order valence-electron chi connectivity index (χ2n) is 5.06. The van der Waals surface area contributed by atoms with Crippen LogP contribution in [-0.2, 0) is 4.79 Å². The van der Waals surface area contributed by atoms with E-state index in [-0.39, 0.29) is 11.8 Å². The van der Waals surface area contributed by atoms with Gasteiger partial charge in [0.1, 0.15) is 18.2 Å². The lowest BCUT2D eigenvalue weighted by Crippen LogP contribution is -2.18. The van der Waals surface area contributed by atoms with Gasteiger partial charge in [-0.15, -0.1) is 0 Å². The van der Waals surface area contributed by atoms with E-state index in [0.29, 0.717) is 16.9 Å². The van der Waals surface area contributed by atoms with Crippen molar-refractivity contribution >= 4 is 22.6 Å². The van der Waals surface area contributed by atoms with Gasteiger partial charge in [0.25, 0.3) is 0 Å². The smallest absolute Gasteiger partial charge is 0.163 e. The van der Waals surface area contributed by atoms with Crippen LogP contribution in [0.2, 0.25) is 0 Å². The number of unbranched alkanes of at least 4 members (excludes halogenated alkanes) is 3. The normalized spacial score (nSPS) is 12.7. The van der Waals surface area contributed by atoms with Crippen molar-refractivity contribution in [2.45, 2.75) is 52.0 Å². The number of ketones is 1. The van der Waals surface area contributed by atoms with E-state index in [9.17, 15) is 4.79 Å². The molecule has 0 spiro atoms. The number of anilines is 1. The lowest BCUT2D eigenvalue weighted by Gasteiger charge is -2.15. The summed E-state index contributed by atoms with van der Waals surface area (Å²) >= 11 is 0. The molecule has 0 aliphatic carbocycles. The first-order valence-electron chi connectivity index (χ1n) is 7.09. The van der Waals surface area contributed by atoms with Crippen LogP contribution in [0.15, 0.2) is 12.5 Å². The first kappa shape index (κ1) is 14.4. The number of nitrogens with two attached hydrogens (primary N) is 1. The minimum Gasteiger partial charge on any atom is -0.383 e. The van der Waals surface area contributed by atoms with Gasteiger partial charge < -0.3 is 5.73 Å². The number of nitrogens with zero attached hydrogens (tertiary/aromatic N) is 4. The Balaban J connectivity index is 2.23. The molecule has 1 unspecified atom stereocenters. The Hall–Kier alpha value is -1.98. The Morgan fingerprint density at radius 3 is 2.85 bits per heavy atom. The van der Waals surface area contributed by atoms with Gasteiger partial charge in [-0.25, -0.2) is 14.6 Å². The Bertz CT molecular complexity index is 592. The summed E-state index contributed by atoms with van der Waals surface area (Å²) in [6, 6.07) is -0.265. The van der Waals surface area contributed by atoms with Crippen LogP contribution in [-0.4, -0.2) is 25.5 Å². The van der Waals surface area contributed by atoms with Crippen molar-refractivity contribution in [3.63, 3.8) is 0 Å². The Morgan fingerprint density at radius 2 is 2.15 bits per heavy atom. The molecule has 2 N–H and O–H groups in total. The van der Waals surface area contributed by atoms with Gasteiger partial charge in [-0.05, 0) is 13.3 Å². The first-order chi connectivity index (χ1) is 9.65. The number of carbonyl (C=O) groups excluding carboxylic acids is 1. The van der Waals surface area contributed by atoms with Gasteiger partial charge in [0.05, 0.1) is 11.6 Å². The van der Waals surface area contributed by atoms with E-state index >= 15 is 0 Å². The summed E-state index contributed by atoms with van der Waals surface area (Å²) in [7, 11) is 0. The number of hydrogen-bond acceptors (Lipinski definition) is 5. The zero-order valence-corrected chi connectivity index (χ0v) is 12.0. The van der Waals surface area contributed by atoms with Crippen molar-refractivity contribution in [3.8, 4) is 0 Å². The number of nitrogen functional groups attached to an aromatic ring is 1. The Kier molecular flexibility index (Phi) is 4.65. The molecule has 0 aromatic carbocycles. The molecule has 0 aliphatic heterocycles. The number of fused-ring (bicyclic) bond motifs is 1. The van der Waals surface area contributed by atoms with E-state index in [4.69, 9.17) is 5.73 Å². The molecule has 2 rings (SSSR count). The maximum atomic E-state index is 11.9. The van der Waals surface area contributed by atoms with E-state index in [1.54, 1.807) is 17.8 Å². The van der Waals surface area contributed by atoms with E-state index in [0.717, 1.165) is 19.3 Å². The number of carbonyl (C=O) groups is 1. The summed E-state index contributed by atoms with van der Waals surface area (Å²) < 4.78 is 1.68. The topological polar surface area (TPSA) is 86.7 Å². The maximum absolute atomic E-state index is 11.9. The van der Waals surface area contributed by atoms with Gasteiger partial charge in [-0.2, -0.15) is 5.10 Å². The third-order valence-corrected chi connectivity index (χ3v) is 3.52. The standard InChI is InChI=1S/C14H21N5O/c1-3-4-5-6-7-12(10(2)20)19-14-11(8-18-19)13(15)16-9-17-14/h8-9,12H,3-7H2,1-2H3,(H2,15,16,17). The first-order valence-corrected chi connectivity index (χ1v) is 7.09. The molecule has 0 aliphatic rings. The van der Waals surface area contributed by atoms with E-state index in [2.05, 4.69) is 22.0 Å². The summed E-state index contributed by atoms with van der Waals surface area (Å²) in [6.07, 6.45) is 8.35. The van der Waals surface area contributed by atoms with Gasteiger partial charge in [0.2, 0.25) is 0 Å². The monoisotopic (exact) mass is 275 g/mol. The quantitative estimate of drug-likeness (QED) is 0.784. The Morgan fingerprint density at radius 1 is 1.35 bits per heavy atom. The Labute approximate surface area is 118 Å². The fourth-order valence-corrected chi connectivity index (χ4v) is 2.37. The van der Waals surface area contributed by atoms with Crippen LogP contribution in [0.1, 0.15) is 52.0 Å². The average molecular weight is 275 g/mol. The van der Waals surface area contributed by atoms with E-state index < -0.39 is 0 Å². The van der Waals surface area contributed by atoms with Crippen molar-refractivity contribution in [1.82, 2.24) is 19.7 Å². The van der Waals surface area contributed by atoms with Crippen LogP contribution in [0.5, 0.6) is 0 Å². The molecule has 6 heteroatoms. The second-order valence-corrected chi connectivity index (χ2v) is 5.06. The highest BCUT2D eigenvalue weighted by molar-refractivity contribution is 5.87. The van der Waals surface area contributed by atoms with Crippen molar-refractivity contribution in [3.05, 3.63) is 12.5 Å². The predicted octanol–water partition coefficient (Wildman–Crippen LogP) is 2.51. The molecule has 0 fully saturated rings. The number of rotatable bonds is 7. The molecule has 108 valence electrons. The zero-order valence-electron chi connectivity index (χ0n) is 12.0. The van der Waals surface area contributed by atoms with Crippen LogP contribution >= 0.6 is 0 Å². The van der Waals surface area contributed by atoms with E-state index in [1.165, 1.54) is 19.2 Å². The van der Waals surface area contributed by atoms with Gasteiger partial charge in [0.15, 0.2) is 11.4 Å². The molecule has 0 radical (unpaired) electrons. The molecule has 0 amide bonds. The fourth-order valence-electron chi connectivity index (χ4n) is 2.37. The van der Waals surface area contributed by atoms with Crippen molar-refractivity contribution in [1.29, 1.82) is 0 Å². The molecule has 2 aromatic heterocycles. The highest BCUT2D eigenvalue weighted by atomic mass is 16.1. The van der Waals surface area contributed by atoms with Crippen molar-refractivity contribution in [2.75, 3.05) is 5.73 Å². The average Bonchev–Trinajstić information content (AvgIpc) is 2.84. The predicted molar refractivity (Wildman–Crippen MR) is 78.2 cm³/mol. The summed E-state index contributed by atoms with van der Waals surface area (Å²) in [5, 5.41) is 4.99. The molecule has 0 saturated carbocycles. The van der Waals surface area contributed by atoms with Gasteiger partial charge in [0, 0.05) is 0 Å². The van der Waals surface area contributed by atoms with Gasteiger partial charge in [-0.3, -0.25) is 4.79 Å². The van der Waals surface area contributed by atoms with Crippen LogP contribution in [0.4, 0.5) is 5.82 Å². The second kappa shape index (κ2) is 6.45. The third kappa shape index (κ3) is 2.95. The van der Waals surface area contributed by atoms with Crippen LogP contribution in [0.25, 0.3) is 11.0 Å². The summed E-state index contributed by atoms with van der Waals surface area (Å²) in [4.78, 5) is 20.0. The fraction of sp³-hybridized carbons (Fsp3) is 0.571. The SMILES string of the molecule is CCCCCCC(C(C)=O)n1ncc2c(N)ncnc21. The highest BCUT2D eigenvalue weighted by Gasteiger charge is 2.20. The largest absolute Gasteiger partial charge is 0.383 e. The number of hydrogen-bond donors (Lipinski definition) is 1. The molecule has 2 aromatic rings. The minimum absolute atomic E-state index is 0.101. The van der Waals surface area contributed by atoms with Crippen molar-refractivity contribution < 1.29 is 4.79 Å². The molecule has 1 atom stereocenters. The van der Waals surface area contributed by atoms with Gasteiger partial charge in [-0.1, -0.05) is 32.6 Å². The molecule has 0 bridgehead atoms.